The third kappa shape index (κ3) is 3.06. The molecule has 1 unspecified atom stereocenters. The topological polar surface area (TPSA) is 62.6 Å². The molecule has 2 fully saturated rings. The predicted octanol–water partition coefficient (Wildman–Crippen LogP) is 1.12. The van der Waals surface area contributed by atoms with E-state index in [1.165, 1.54) is 0 Å². The van der Waals surface area contributed by atoms with Gasteiger partial charge in [-0.3, -0.25) is 9.69 Å². The molecule has 1 atom stereocenters. The number of sulfone groups is 1. The van der Waals surface area contributed by atoms with Crippen molar-refractivity contribution < 1.29 is 13.2 Å². The number of rotatable bonds is 2. The largest absolute Gasteiger partial charge is 0.351 e. The second kappa shape index (κ2) is 6.14. The lowest BCUT2D eigenvalue weighted by Crippen LogP contribution is -2.52. The van der Waals surface area contributed by atoms with Gasteiger partial charge in [0, 0.05) is 61.9 Å². The van der Waals surface area contributed by atoms with Gasteiger partial charge in [-0.05, 0) is 24.6 Å². The maximum Gasteiger partial charge on any atom is 0.254 e. The molecule has 2 aromatic rings. The highest BCUT2D eigenvalue weighted by atomic mass is 32.2. The Kier molecular flexibility index (Phi) is 4.08. The summed E-state index contributed by atoms with van der Waals surface area (Å²) in [5.74, 6) is 0.632. The first-order chi connectivity index (χ1) is 11.9. The maximum atomic E-state index is 13.0. The Morgan fingerprint density at radius 3 is 2.56 bits per heavy atom. The van der Waals surface area contributed by atoms with Crippen molar-refractivity contribution in [3.8, 4) is 0 Å². The van der Waals surface area contributed by atoms with Crippen LogP contribution in [0.3, 0.4) is 0 Å². The molecule has 0 radical (unpaired) electrons. The zero-order valence-electron chi connectivity index (χ0n) is 14.4. The van der Waals surface area contributed by atoms with E-state index in [4.69, 9.17) is 0 Å². The molecule has 1 amide bonds. The summed E-state index contributed by atoms with van der Waals surface area (Å²) in [4.78, 5) is 17.1. The Labute approximate surface area is 147 Å². The third-order valence-corrected chi connectivity index (χ3v) is 7.23. The lowest BCUT2D eigenvalue weighted by molar-refractivity contribution is 0.0589. The lowest BCUT2D eigenvalue weighted by atomic mass is 10.1. The summed E-state index contributed by atoms with van der Waals surface area (Å²) in [6.45, 7) is 2.80. The first-order valence-electron chi connectivity index (χ1n) is 8.72. The molecule has 0 saturated carbocycles. The number of aromatic nitrogens is 1. The number of hydrogen-bond donors (Lipinski definition) is 0. The number of nitrogens with zero attached hydrogens (tertiary/aromatic N) is 3. The summed E-state index contributed by atoms with van der Waals surface area (Å²) in [5, 5.41) is 0.985. The molecule has 4 rings (SSSR count). The van der Waals surface area contributed by atoms with E-state index in [1.807, 2.05) is 47.0 Å². The van der Waals surface area contributed by atoms with Gasteiger partial charge in [-0.2, -0.15) is 0 Å². The number of piperazine rings is 1. The van der Waals surface area contributed by atoms with E-state index >= 15 is 0 Å². The molecule has 25 heavy (non-hydrogen) atoms. The van der Waals surface area contributed by atoms with Crippen LogP contribution in [0.4, 0.5) is 0 Å². The molecule has 2 aliphatic rings. The van der Waals surface area contributed by atoms with Crippen LogP contribution in [0.1, 0.15) is 16.8 Å². The molecule has 0 spiro atoms. The molecule has 1 aromatic carbocycles. The van der Waals surface area contributed by atoms with Gasteiger partial charge in [0.1, 0.15) is 0 Å². The van der Waals surface area contributed by atoms with Crippen molar-refractivity contribution in [1.29, 1.82) is 0 Å². The molecular formula is C18H23N3O3S. The molecule has 7 heteroatoms. The number of amides is 1. The summed E-state index contributed by atoms with van der Waals surface area (Å²) in [7, 11) is -0.887. The second-order valence-corrected chi connectivity index (χ2v) is 9.28. The number of hydrogen-bond acceptors (Lipinski definition) is 4. The van der Waals surface area contributed by atoms with Gasteiger partial charge in [0.25, 0.3) is 5.91 Å². The van der Waals surface area contributed by atoms with Crippen molar-refractivity contribution in [3.05, 3.63) is 36.0 Å². The minimum atomic E-state index is -2.86. The van der Waals surface area contributed by atoms with E-state index in [2.05, 4.69) is 4.90 Å². The number of carbonyl (C=O) groups is 1. The molecule has 6 nitrogen and oxygen atoms in total. The molecule has 0 aliphatic carbocycles. The van der Waals surface area contributed by atoms with Crippen LogP contribution in [0.2, 0.25) is 0 Å². The van der Waals surface area contributed by atoms with Crippen LogP contribution >= 0.6 is 0 Å². The number of carbonyl (C=O) groups excluding carboxylic acids is 1. The minimum absolute atomic E-state index is 0.0653. The van der Waals surface area contributed by atoms with Gasteiger partial charge in [-0.15, -0.1) is 0 Å². The molecular weight excluding hydrogens is 338 g/mol. The SMILES string of the molecule is Cn1ccc2c(C(=O)N3CCN(C4CCS(=O)(=O)C4)CC3)cccc21. The molecule has 2 aliphatic heterocycles. The second-order valence-electron chi connectivity index (χ2n) is 7.05. The van der Waals surface area contributed by atoms with Crippen LogP contribution in [-0.4, -0.2) is 72.4 Å². The Morgan fingerprint density at radius 2 is 1.88 bits per heavy atom. The molecule has 1 aromatic heterocycles. The summed E-state index contributed by atoms with van der Waals surface area (Å²) in [6.07, 6.45) is 2.69. The summed E-state index contributed by atoms with van der Waals surface area (Å²) >= 11 is 0. The average Bonchev–Trinajstić information content (AvgIpc) is 3.17. The molecule has 134 valence electrons. The highest BCUT2D eigenvalue weighted by Gasteiger charge is 2.34. The van der Waals surface area contributed by atoms with Crippen LogP contribution in [0.5, 0.6) is 0 Å². The normalized spacial score (nSPS) is 24.0. The maximum absolute atomic E-state index is 13.0. The smallest absolute Gasteiger partial charge is 0.254 e. The zero-order valence-corrected chi connectivity index (χ0v) is 15.2. The van der Waals surface area contributed by atoms with Gasteiger partial charge in [0.2, 0.25) is 0 Å². The number of benzene rings is 1. The fraction of sp³-hybridized carbons (Fsp3) is 0.500. The standard InChI is InChI=1S/C18H23N3O3S/c1-19-7-5-15-16(3-2-4-17(15)19)18(22)21-10-8-20(9-11-21)14-6-12-25(23,24)13-14/h2-5,7,14H,6,8-13H2,1H3. The van der Waals surface area contributed by atoms with Crippen LogP contribution in [-0.2, 0) is 16.9 Å². The van der Waals surface area contributed by atoms with Crippen LogP contribution < -0.4 is 0 Å². The zero-order chi connectivity index (χ0) is 17.6. The van der Waals surface area contributed by atoms with Crippen molar-refractivity contribution in [2.24, 2.45) is 7.05 Å². The van der Waals surface area contributed by atoms with Crippen molar-refractivity contribution in [2.75, 3.05) is 37.7 Å². The van der Waals surface area contributed by atoms with Crippen molar-refractivity contribution in [1.82, 2.24) is 14.4 Å². The van der Waals surface area contributed by atoms with E-state index in [0.29, 0.717) is 18.8 Å². The molecule has 0 bridgehead atoms. The van der Waals surface area contributed by atoms with Gasteiger partial charge in [-0.1, -0.05) is 6.07 Å². The van der Waals surface area contributed by atoms with E-state index < -0.39 is 9.84 Å². The first kappa shape index (κ1) is 16.6. The summed E-state index contributed by atoms with van der Waals surface area (Å²) in [5.41, 5.74) is 1.80. The van der Waals surface area contributed by atoms with E-state index in [1.54, 1.807) is 0 Å². The quantitative estimate of drug-likeness (QED) is 0.804. The Balaban J connectivity index is 1.46. The fourth-order valence-electron chi connectivity index (χ4n) is 4.01. The number of fused-ring (bicyclic) bond motifs is 1. The average molecular weight is 361 g/mol. The van der Waals surface area contributed by atoms with Crippen LogP contribution in [0, 0.1) is 0 Å². The highest BCUT2D eigenvalue weighted by Crippen LogP contribution is 2.23. The fourth-order valence-corrected chi connectivity index (χ4v) is 5.77. The molecule has 0 N–H and O–H groups in total. The Hall–Kier alpha value is -1.86. The highest BCUT2D eigenvalue weighted by molar-refractivity contribution is 7.91. The lowest BCUT2D eigenvalue weighted by Gasteiger charge is -2.37. The van der Waals surface area contributed by atoms with Gasteiger partial charge >= 0.3 is 0 Å². The van der Waals surface area contributed by atoms with Gasteiger partial charge in [0.15, 0.2) is 9.84 Å². The minimum Gasteiger partial charge on any atom is -0.351 e. The summed E-state index contributed by atoms with van der Waals surface area (Å²) in [6, 6.07) is 7.95. The predicted molar refractivity (Wildman–Crippen MR) is 97.5 cm³/mol. The molecule has 2 saturated heterocycles. The van der Waals surface area contributed by atoms with E-state index in [9.17, 15) is 13.2 Å². The van der Waals surface area contributed by atoms with Crippen molar-refractivity contribution >= 4 is 26.6 Å². The monoisotopic (exact) mass is 361 g/mol. The van der Waals surface area contributed by atoms with Gasteiger partial charge < -0.3 is 9.47 Å². The van der Waals surface area contributed by atoms with Crippen molar-refractivity contribution in [3.63, 3.8) is 0 Å². The van der Waals surface area contributed by atoms with E-state index in [0.717, 1.165) is 36.0 Å². The van der Waals surface area contributed by atoms with Crippen molar-refractivity contribution in [2.45, 2.75) is 12.5 Å². The molecule has 3 heterocycles. The van der Waals surface area contributed by atoms with Gasteiger partial charge in [0.05, 0.1) is 11.5 Å². The van der Waals surface area contributed by atoms with Gasteiger partial charge in [-0.25, -0.2) is 8.42 Å². The van der Waals surface area contributed by atoms with Crippen LogP contribution in [0.15, 0.2) is 30.5 Å². The third-order valence-electron chi connectivity index (χ3n) is 5.48. The first-order valence-corrected chi connectivity index (χ1v) is 10.5. The summed E-state index contributed by atoms with van der Waals surface area (Å²) < 4.78 is 25.4. The van der Waals surface area contributed by atoms with E-state index in [-0.39, 0.29) is 17.7 Å². The number of aryl methyl sites for hydroxylation is 1. The van der Waals surface area contributed by atoms with Crippen LogP contribution in [0.25, 0.3) is 10.9 Å². The Bertz CT molecular complexity index is 911. The Morgan fingerprint density at radius 1 is 1.12 bits per heavy atom.